The molecule has 0 amide bonds. The Hall–Kier alpha value is -0.860. The minimum absolute atomic E-state index is 0.991. The highest BCUT2D eigenvalue weighted by atomic mass is 15.1. The van der Waals surface area contributed by atoms with Gasteiger partial charge in [0.05, 0.1) is 0 Å². The van der Waals surface area contributed by atoms with E-state index in [-0.39, 0.29) is 0 Å². The van der Waals surface area contributed by atoms with E-state index in [0.29, 0.717) is 0 Å². The molecule has 0 spiro atoms. The molecular formula is C19H30N2. The van der Waals surface area contributed by atoms with E-state index in [1.165, 1.54) is 57.3 Å². The number of hydrogen-bond acceptors (Lipinski definition) is 2. The molecule has 1 aromatic carbocycles. The van der Waals surface area contributed by atoms with E-state index < -0.39 is 0 Å². The van der Waals surface area contributed by atoms with Gasteiger partial charge < -0.3 is 10.2 Å². The van der Waals surface area contributed by atoms with E-state index in [2.05, 4.69) is 47.6 Å². The summed E-state index contributed by atoms with van der Waals surface area (Å²) in [4.78, 5) is 2.43. The summed E-state index contributed by atoms with van der Waals surface area (Å²) in [6, 6.07) is 10.8. The van der Waals surface area contributed by atoms with Crippen LogP contribution < -0.4 is 5.32 Å². The molecule has 3 rings (SSSR count). The second kappa shape index (κ2) is 7.42. The van der Waals surface area contributed by atoms with Crippen molar-refractivity contribution in [2.24, 2.45) is 17.8 Å². The van der Waals surface area contributed by atoms with Gasteiger partial charge in [0, 0.05) is 6.54 Å². The van der Waals surface area contributed by atoms with Crippen LogP contribution in [0.5, 0.6) is 0 Å². The lowest BCUT2D eigenvalue weighted by atomic mass is 9.89. The van der Waals surface area contributed by atoms with Gasteiger partial charge in [0.2, 0.25) is 0 Å². The zero-order chi connectivity index (χ0) is 14.5. The molecule has 1 N–H and O–H groups in total. The molecule has 0 aliphatic heterocycles. The van der Waals surface area contributed by atoms with E-state index in [0.717, 1.165) is 24.3 Å². The first-order valence-electron chi connectivity index (χ1n) is 8.74. The third-order valence-corrected chi connectivity index (χ3v) is 5.48. The Morgan fingerprint density at radius 1 is 1.14 bits per heavy atom. The van der Waals surface area contributed by atoms with Crippen LogP contribution in [0.2, 0.25) is 0 Å². The van der Waals surface area contributed by atoms with Gasteiger partial charge in [-0.25, -0.2) is 0 Å². The van der Waals surface area contributed by atoms with Crippen LogP contribution >= 0.6 is 0 Å². The molecule has 2 aliphatic carbocycles. The standard InChI is InChI=1S/C19H30N2/c1-21(15-16-6-3-2-4-7-16)11-5-10-20-14-19-13-17-8-9-18(19)12-17/h2-4,6-7,17-20H,5,8-15H2,1H3. The summed E-state index contributed by atoms with van der Waals surface area (Å²) in [6.45, 7) is 4.68. The molecule has 21 heavy (non-hydrogen) atoms. The molecule has 1 aromatic rings. The number of fused-ring (bicyclic) bond motifs is 2. The molecule has 2 heteroatoms. The zero-order valence-electron chi connectivity index (χ0n) is 13.4. The van der Waals surface area contributed by atoms with Crippen LogP contribution in [-0.4, -0.2) is 31.6 Å². The Morgan fingerprint density at radius 2 is 2.00 bits per heavy atom. The van der Waals surface area contributed by atoms with Crippen molar-refractivity contribution in [2.75, 3.05) is 26.7 Å². The first kappa shape index (κ1) is 15.1. The zero-order valence-corrected chi connectivity index (χ0v) is 13.4. The van der Waals surface area contributed by atoms with Crippen molar-refractivity contribution in [3.8, 4) is 0 Å². The third kappa shape index (κ3) is 4.31. The van der Waals surface area contributed by atoms with Gasteiger partial charge in [-0.1, -0.05) is 36.8 Å². The summed E-state index contributed by atoms with van der Waals surface area (Å²) < 4.78 is 0. The summed E-state index contributed by atoms with van der Waals surface area (Å²) in [5.41, 5.74) is 1.41. The number of nitrogens with zero attached hydrogens (tertiary/aromatic N) is 1. The van der Waals surface area contributed by atoms with Crippen molar-refractivity contribution in [1.82, 2.24) is 10.2 Å². The summed E-state index contributed by atoms with van der Waals surface area (Å²) in [6.07, 6.45) is 7.32. The first-order valence-corrected chi connectivity index (χ1v) is 8.74. The Bertz CT molecular complexity index is 417. The average Bonchev–Trinajstić information content (AvgIpc) is 3.10. The smallest absolute Gasteiger partial charge is 0.0230 e. The Kier molecular flexibility index (Phi) is 5.32. The van der Waals surface area contributed by atoms with Gasteiger partial charge in [-0.15, -0.1) is 0 Å². The first-order chi connectivity index (χ1) is 10.3. The molecule has 0 saturated heterocycles. The fourth-order valence-corrected chi connectivity index (χ4v) is 4.36. The number of rotatable bonds is 8. The molecule has 3 unspecified atom stereocenters. The maximum atomic E-state index is 3.70. The predicted molar refractivity (Wildman–Crippen MR) is 89.2 cm³/mol. The van der Waals surface area contributed by atoms with Gasteiger partial charge in [0.15, 0.2) is 0 Å². The van der Waals surface area contributed by atoms with Gasteiger partial charge in [-0.3, -0.25) is 0 Å². The summed E-state index contributed by atoms with van der Waals surface area (Å²) in [7, 11) is 2.23. The largest absolute Gasteiger partial charge is 0.316 e. The maximum Gasteiger partial charge on any atom is 0.0230 e. The summed E-state index contributed by atoms with van der Waals surface area (Å²) in [5, 5.41) is 3.70. The highest BCUT2D eigenvalue weighted by Gasteiger charge is 2.38. The number of benzene rings is 1. The molecule has 3 atom stereocenters. The molecule has 2 fully saturated rings. The van der Waals surface area contributed by atoms with E-state index in [1.807, 2.05) is 0 Å². The summed E-state index contributed by atoms with van der Waals surface area (Å²) >= 11 is 0. The van der Waals surface area contributed by atoms with Gasteiger partial charge in [-0.2, -0.15) is 0 Å². The third-order valence-electron chi connectivity index (χ3n) is 5.48. The van der Waals surface area contributed by atoms with Gasteiger partial charge >= 0.3 is 0 Å². The molecule has 2 bridgehead atoms. The Morgan fingerprint density at radius 3 is 2.71 bits per heavy atom. The number of nitrogens with one attached hydrogen (secondary N) is 1. The van der Waals surface area contributed by atoms with E-state index in [9.17, 15) is 0 Å². The van der Waals surface area contributed by atoms with Crippen LogP contribution in [0.3, 0.4) is 0 Å². The van der Waals surface area contributed by atoms with Crippen LogP contribution in [0.15, 0.2) is 30.3 Å². The highest BCUT2D eigenvalue weighted by Crippen LogP contribution is 2.47. The molecule has 0 aromatic heterocycles. The van der Waals surface area contributed by atoms with Crippen LogP contribution in [0.25, 0.3) is 0 Å². The minimum Gasteiger partial charge on any atom is -0.316 e. The lowest BCUT2D eigenvalue weighted by Crippen LogP contribution is -2.29. The summed E-state index contributed by atoms with van der Waals surface area (Å²) in [5.74, 6) is 3.13. The molecule has 0 radical (unpaired) electrons. The predicted octanol–water partition coefficient (Wildman–Crippen LogP) is 3.53. The second-order valence-electron chi connectivity index (χ2n) is 7.22. The Labute approximate surface area is 129 Å². The van der Waals surface area contributed by atoms with Crippen molar-refractivity contribution in [3.63, 3.8) is 0 Å². The maximum absolute atomic E-state index is 3.70. The fraction of sp³-hybridized carbons (Fsp3) is 0.684. The normalized spacial score (nSPS) is 27.6. The van der Waals surface area contributed by atoms with Crippen molar-refractivity contribution in [2.45, 2.75) is 38.6 Å². The molecule has 2 nitrogen and oxygen atoms in total. The lowest BCUT2D eigenvalue weighted by Gasteiger charge is -2.22. The molecule has 2 saturated carbocycles. The van der Waals surface area contributed by atoms with Crippen molar-refractivity contribution >= 4 is 0 Å². The van der Waals surface area contributed by atoms with E-state index in [1.54, 1.807) is 0 Å². The Balaban J connectivity index is 1.25. The number of hydrogen-bond donors (Lipinski definition) is 1. The van der Waals surface area contributed by atoms with Crippen LogP contribution in [0.1, 0.15) is 37.7 Å². The highest BCUT2D eigenvalue weighted by molar-refractivity contribution is 5.14. The van der Waals surface area contributed by atoms with Crippen molar-refractivity contribution in [3.05, 3.63) is 35.9 Å². The fourth-order valence-electron chi connectivity index (χ4n) is 4.36. The van der Waals surface area contributed by atoms with Gasteiger partial charge in [0.25, 0.3) is 0 Å². The van der Waals surface area contributed by atoms with Gasteiger partial charge in [-0.05, 0) is 75.7 Å². The topological polar surface area (TPSA) is 15.3 Å². The van der Waals surface area contributed by atoms with Crippen LogP contribution in [0.4, 0.5) is 0 Å². The van der Waals surface area contributed by atoms with Crippen molar-refractivity contribution in [1.29, 1.82) is 0 Å². The minimum atomic E-state index is 0.991. The van der Waals surface area contributed by atoms with Crippen molar-refractivity contribution < 1.29 is 0 Å². The molecule has 2 aliphatic rings. The lowest BCUT2D eigenvalue weighted by molar-refractivity contribution is 0.301. The molecular weight excluding hydrogens is 256 g/mol. The van der Waals surface area contributed by atoms with Crippen LogP contribution in [-0.2, 0) is 6.54 Å². The molecule has 0 heterocycles. The SMILES string of the molecule is CN(CCCNCC1CC2CCC1C2)Cc1ccccc1. The monoisotopic (exact) mass is 286 g/mol. The second-order valence-corrected chi connectivity index (χ2v) is 7.22. The average molecular weight is 286 g/mol. The van der Waals surface area contributed by atoms with Crippen LogP contribution in [0, 0.1) is 17.8 Å². The van der Waals surface area contributed by atoms with E-state index >= 15 is 0 Å². The van der Waals surface area contributed by atoms with E-state index in [4.69, 9.17) is 0 Å². The molecule has 116 valence electrons. The quantitative estimate of drug-likeness (QED) is 0.735. The van der Waals surface area contributed by atoms with Gasteiger partial charge in [0.1, 0.15) is 0 Å².